The van der Waals surface area contributed by atoms with Gasteiger partial charge in [0, 0.05) is 0 Å². The average molecular weight is 405 g/mol. The topological polar surface area (TPSA) is 55.8 Å². The minimum Gasteiger partial charge on any atom is -0.443 e. The largest absolute Gasteiger partial charge is 0.443 e. The Kier molecular flexibility index (Phi) is 8.29. The summed E-state index contributed by atoms with van der Waals surface area (Å²) in [6.07, 6.45) is 0.841. The van der Waals surface area contributed by atoms with Gasteiger partial charge in [0.1, 0.15) is 23.5 Å². The Labute approximate surface area is 138 Å². The number of rotatable bonds is 8. The van der Waals surface area contributed by atoms with Crippen LogP contribution >= 0.6 is 22.6 Å². The van der Waals surface area contributed by atoms with Gasteiger partial charge in [0.15, 0.2) is 0 Å². The molecule has 0 unspecified atom stereocenters. The number of nitrogens with zero attached hydrogens (tertiary/aromatic N) is 1. The molecule has 21 heavy (non-hydrogen) atoms. The SMILES string of the molecule is CC[C@H](C)[C@@H](C=O)N(OCI)C(=O)OCc1ccccc1. The molecule has 1 aromatic carbocycles. The molecule has 1 amide bonds. The van der Waals surface area contributed by atoms with E-state index >= 15 is 0 Å². The Morgan fingerprint density at radius 1 is 1.38 bits per heavy atom. The van der Waals surface area contributed by atoms with Crippen LogP contribution in [0.15, 0.2) is 30.3 Å². The third kappa shape index (κ3) is 5.62. The summed E-state index contributed by atoms with van der Waals surface area (Å²) in [6, 6.07) is 8.71. The molecule has 0 aromatic heterocycles. The molecule has 0 radical (unpaired) electrons. The molecule has 0 N–H and O–H groups in total. The van der Waals surface area contributed by atoms with Crippen LogP contribution < -0.4 is 0 Å². The lowest BCUT2D eigenvalue weighted by molar-refractivity contribution is -0.158. The summed E-state index contributed by atoms with van der Waals surface area (Å²) in [5.74, 6) is -0.00488. The van der Waals surface area contributed by atoms with E-state index in [1.54, 1.807) is 0 Å². The van der Waals surface area contributed by atoms with Gasteiger partial charge in [-0.05, 0) is 11.5 Å². The Morgan fingerprint density at radius 2 is 2.05 bits per heavy atom. The molecule has 0 saturated carbocycles. The molecule has 0 aliphatic heterocycles. The summed E-state index contributed by atoms with van der Waals surface area (Å²) in [5.41, 5.74) is 0.881. The zero-order valence-corrected chi connectivity index (χ0v) is 14.4. The molecule has 0 aliphatic carbocycles. The summed E-state index contributed by atoms with van der Waals surface area (Å²) in [7, 11) is 0. The molecule has 0 fully saturated rings. The van der Waals surface area contributed by atoms with E-state index in [1.807, 2.05) is 66.8 Å². The van der Waals surface area contributed by atoms with E-state index in [-0.39, 0.29) is 17.1 Å². The maximum absolute atomic E-state index is 12.1. The van der Waals surface area contributed by atoms with Crippen LogP contribution in [0.3, 0.4) is 0 Å². The van der Waals surface area contributed by atoms with Gasteiger partial charge in [-0.25, -0.2) is 4.79 Å². The predicted molar refractivity (Wildman–Crippen MR) is 87.7 cm³/mol. The van der Waals surface area contributed by atoms with Crippen LogP contribution in [-0.2, 0) is 21.0 Å². The average Bonchev–Trinajstić information content (AvgIpc) is 2.53. The number of aldehydes is 1. The number of carbonyl (C=O) groups is 2. The highest BCUT2D eigenvalue weighted by Crippen LogP contribution is 2.16. The van der Waals surface area contributed by atoms with Crippen LogP contribution in [0.2, 0.25) is 0 Å². The molecule has 1 rings (SSSR count). The van der Waals surface area contributed by atoms with Crippen molar-refractivity contribution < 1.29 is 19.2 Å². The van der Waals surface area contributed by atoms with Crippen molar-refractivity contribution in [3.05, 3.63) is 35.9 Å². The molecule has 116 valence electrons. The van der Waals surface area contributed by atoms with E-state index < -0.39 is 12.1 Å². The maximum atomic E-state index is 12.1. The summed E-state index contributed by atoms with van der Waals surface area (Å²) in [4.78, 5) is 28.7. The molecule has 0 spiro atoms. The highest BCUT2D eigenvalue weighted by molar-refractivity contribution is 14.1. The lowest BCUT2D eigenvalue weighted by atomic mass is 10.0. The Bertz CT molecular complexity index is 441. The fraction of sp³-hybridized carbons (Fsp3) is 0.467. The van der Waals surface area contributed by atoms with Crippen molar-refractivity contribution in [3.8, 4) is 0 Å². The van der Waals surface area contributed by atoms with Gasteiger partial charge in [0.05, 0.1) is 0 Å². The van der Waals surface area contributed by atoms with E-state index in [1.165, 1.54) is 0 Å². The zero-order valence-electron chi connectivity index (χ0n) is 12.2. The normalized spacial score (nSPS) is 13.3. The second-order valence-corrected chi connectivity index (χ2v) is 5.24. The summed E-state index contributed by atoms with van der Waals surface area (Å²) >= 11 is 1.97. The van der Waals surface area contributed by atoms with Gasteiger partial charge in [-0.15, -0.1) is 0 Å². The minimum absolute atomic E-state index is 0.00488. The monoisotopic (exact) mass is 405 g/mol. The van der Waals surface area contributed by atoms with Crippen molar-refractivity contribution >= 4 is 35.0 Å². The van der Waals surface area contributed by atoms with Gasteiger partial charge < -0.3 is 9.53 Å². The highest BCUT2D eigenvalue weighted by atomic mass is 127. The molecule has 1 aromatic rings. The van der Waals surface area contributed by atoms with Crippen LogP contribution in [0.25, 0.3) is 0 Å². The minimum atomic E-state index is -0.645. The summed E-state index contributed by atoms with van der Waals surface area (Å²) < 4.78 is 5.48. The molecule has 0 bridgehead atoms. The van der Waals surface area contributed by atoms with E-state index in [4.69, 9.17) is 9.57 Å². The van der Waals surface area contributed by atoms with Crippen molar-refractivity contribution in [3.63, 3.8) is 0 Å². The van der Waals surface area contributed by atoms with E-state index in [0.29, 0.717) is 0 Å². The van der Waals surface area contributed by atoms with Crippen molar-refractivity contribution in [1.82, 2.24) is 5.06 Å². The first-order valence-electron chi connectivity index (χ1n) is 6.78. The van der Waals surface area contributed by atoms with Gasteiger partial charge in [-0.3, -0.25) is 4.84 Å². The summed E-state index contributed by atoms with van der Waals surface area (Å²) in [6.45, 7) is 4.00. The fourth-order valence-corrected chi connectivity index (χ4v) is 2.06. The number of hydrogen-bond acceptors (Lipinski definition) is 4. The van der Waals surface area contributed by atoms with E-state index in [0.717, 1.165) is 23.3 Å². The third-order valence-corrected chi connectivity index (χ3v) is 3.49. The third-order valence-electron chi connectivity index (χ3n) is 3.21. The zero-order chi connectivity index (χ0) is 15.7. The first-order valence-corrected chi connectivity index (χ1v) is 8.30. The van der Waals surface area contributed by atoms with Crippen LogP contribution in [0, 0.1) is 5.92 Å². The number of ether oxygens (including phenoxy) is 1. The van der Waals surface area contributed by atoms with Gasteiger partial charge >= 0.3 is 6.09 Å². The van der Waals surface area contributed by atoms with Crippen LogP contribution in [0.4, 0.5) is 4.79 Å². The second kappa shape index (κ2) is 9.73. The van der Waals surface area contributed by atoms with E-state index in [9.17, 15) is 9.59 Å². The van der Waals surface area contributed by atoms with E-state index in [2.05, 4.69) is 0 Å². The van der Waals surface area contributed by atoms with Gasteiger partial charge in [-0.2, -0.15) is 5.06 Å². The van der Waals surface area contributed by atoms with Gasteiger partial charge in [0.25, 0.3) is 0 Å². The Morgan fingerprint density at radius 3 is 2.57 bits per heavy atom. The number of hydroxylamine groups is 2. The molecule has 0 aliphatic rings. The smallest absolute Gasteiger partial charge is 0.435 e. The first-order chi connectivity index (χ1) is 10.1. The standard InChI is InChI=1S/C15H20INO4/c1-3-12(2)14(9-18)17(21-11-16)15(19)20-10-13-7-5-4-6-8-13/h4-9,12,14H,3,10-11H2,1-2H3/t12-,14+/m0/s1. The quantitative estimate of drug-likeness (QED) is 0.287. The van der Waals surface area contributed by atoms with Gasteiger partial charge in [-0.1, -0.05) is 73.2 Å². The lowest BCUT2D eigenvalue weighted by Gasteiger charge is -2.29. The Hall–Kier alpha value is -1.15. The number of benzene rings is 1. The predicted octanol–water partition coefficient (Wildman–Crippen LogP) is 3.56. The van der Waals surface area contributed by atoms with Crippen molar-refractivity contribution in [2.75, 3.05) is 4.61 Å². The van der Waals surface area contributed by atoms with Gasteiger partial charge in [0.2, 0.25) is 0 Å². The number of halogens is 1. The Balaban J connectivity index is 2.70. The molecular formula is C15H20INO4. The maximum Gasteiger partial charge on any atom is 0.435 e. The second-order valence-electron chi connectivity index (χ2n) is 4.62. The molecule has 0 saturated heterocycles. The molecule has 0 heterocycles. The van der Waals surface area contributed by atoms with Crippen molar-refractivity contribution in [1.29, 1.82) is 0 Å². The fourth-order valence-electron chi connectivity index (χ4n) is 1.76. The molecule has 6 heteroatoms. The van der Waals surface area contributed by atoms with Crippen molar-refractivity contribution in [2.45, 2.75) is 32.9 Å². The summed E-state index contributed by atoms with van der Waals surface area (Å²) in [5, 5.41) is 1.04. The molecule has 5 nitrogen and oxygen atoms in total. The van der Waals surface area contributed by atoms with Crippen LogP contribution in [-0.4, -0.2) is 28.1 Å². The first kappa shape index (κ1) is 17.9. The highest BCUT2D eigenvalue weighted by Gasteiger charge is 2.29. The number of hydrogen-bond donors (Lipinski definition) is 0. The molecule has 2 atom stereocenters. The number of alkyl halides is 1. The van der Waals surface area contributed by atoms with Crippen LogP contribution in [0.5, 0.6) is 0 Å². The number of carbonyl (C=O) groups excluding carboxylic acids is 2. The lowest BCUT2D eigenvalue weighted by Crippen LogP contribution is -2.44. The molecular weight excluding hydrogens is 385 g/mol. The van der Waals surface area contributed by atoms with Crippen molar-refractivity contribution in [2.24, 2.45) is 5.92 Å². The van der Waals surface area contributed by atoms with Crippen LogP contribution in [0.1, 0.15) is 25.8 Å². The number of amides is 1.